The van der Waals surface area contributed by atoms with Gasteiger partial charge in [0.2, 0.25) is 12.6 Å². The van der Waals surface area contributed by atoms with E-state index in [1.807, 2.05) is 6.07 Å². The van der Waals surface area contributed by atoms with Crippen molar-refractivity contribution < 1.29 is 23.7 Å². The number of methoxy groups -OCH3 is 2. The highest BCUT2D eigenvalue weighted by Crippen LogP contribution is 2.46. The summed E-state index contributed by atoms with van der Waals surface area (Å²) in [5, 5.41) is 1.03. The van der Waals surface area contributed by atoms with Crippen LogP contribution in [0.15, 0.2) is 12.1 Å². The van der Waals surface area contributed by atoms with Crippen LogP contribution in [0, 0.1) is 0 Å². The van der Waals surface area contributed by atoms with Gasteiger partial charge in [0.1, 0.15) is 5.69 Å². The maximum absolute atomic E-state index is 13.0. The summed E-state index contributed by atoms with van der Waals surface area (Å²) >= 11 is 0. The minimum Gasteiger partial charge on any atom is -0.491 e. The van der Waals surface area contributed by atoms with Gasteiger partial charge in [-0.05, 0) is 22.9 Å². The fourth-order valence-electron chi connectivity index (χ4n) is 3.48. The number of carbonyl (C=O) groups is 1. The maximum atomic E-state index is 13.0. The average Bonchev–Trinajstić information content (AvgIpc) is 3.13. The van der Waals surface area contributed by atoms with Crippen molar-refractivity contribution in [1.29, 1.82) is 0 Å². The van der Waals surface area contributed by atoms with Gasteiger partial charge in [-0.15, -0.1) is 0 Å². The average molecular weight is 357 g/mol. The third-order valence-corrected chi connectivity index (χ3v) is 6.49. The minimum atomic E-state index is -1.90. The van der Waals surface area contributed by atoms with E-state index in [4.69, 9.17) is 18.9 Å². The van der Waals surface area contributed by atoms with Crippen molar-refractivity contribution in [1.82, 2.24) is 4.98 Å². The second-order valence-electron chi connectivity index (χ2n) is 7.08. The number of ketones is 1. The van der Waals surface area contributed by atoms with E-state index >= 15 is 0 Å². The Morgan fingerprint density at radius 2 is 1.68 bits per heavy atom. The van der Waals surface area contributed by atoms with E-state index in [9.17, 15) is 4.79 Å². The lowest BCUT2D eigenvalue weighted by Gasteiger charge is -2.24. The van der Waals surface area contributed by atoms with Gasteiger partial charge >= 0.3 is 0 Å². The van der Waals surface area contributed by atoms with Crippen LogP contribution in [0.25, 0.3) is 11.1 Å². The number of fused-ring (bicyclic) bond motifs is 4. The molecule has 2 aromatic rings. The monoisotopic (exact) mass is 357 g/mol. The van der Waals surface area contributed by atoms with Crippen molar-refractivity contribution in [2.24, 2.45) is 0 Å². The quantitative estimate of drug-likeness (QED) is 0.671. The molecule has 4 rings (SSSR count). The molecule has 130 valence electrons. The molecular weight excluding hydrogens is 338 g/mol. The van der Waals surface area contributed by atoms with Gasteiger partial charge in [-0.25, -0.2) is 4.98 Å². The fraction of sp³-hybridized carbons (Fsp3) is 0.333. The zero-order valence-corrected chi connectivity index (χ0v) is 15.9. The van der Waals surface area contributed by atoms with Crippen LogP contribution < -0.4 is 24.1 Å². The van der Waals surface area contributed by atoms with Gasteiger partial charge in [0, 0.05) is 11.1 Å². The highest BCUT2D eigenvalue weighted by atomic mass is 28.3. The normalized spacial score (nSPS) is 14.4. The zero-order chi connectivity index (χ0) is 17.9. The summed E-state index contributed by atoms with van der Waals surface area (Å²) in [6.07, 6.45) is 0. The Labute approximate surface area is 146 Å². The summed E-state index contributed by atoms with van der Waals surface area (Å²) in [4.78, 5) is 17.5. The van der Waals surface area contributed by atoms with E-state index in [1.54, 1.807) is 13.2 Å². The summed E-state index contributed by atoms with van der Waals surface area (Å²) < 4.78 is 22.0. The third-order valence-electron chi connectivity index (χ3n) is 4.51. The summed E-state index contributed by atoms with van der Waals surface area (Å²) in [5.74, 6) is 2.08. The number of rotatable bonds is 3. The molecule has 0 amide bonds. The summed E-state index contributed by atoms with van der Waals surface area (Å²) in [7, 11) is 1.24. The van der Waals surface area contributed by atoms with Crippen molar-refractivity contribution in [3.05, 3.63) is 23.4 Å². The lowest BCUT2D eigenvalue weighted by Crippen LogP contribution is -2.40. The predicted molar refractivity (Wildman–Crippen MR) is 95.3 cm³/mol. The molecule has 0 N–H and O–H groups in total. The molecular formula is C18H19NO5Si. The molecule has 0 unspecified atom stereocenters. The molecule has 0 bridgehead atoms. The number of hydrogen-bond donors (Lipinski definition) is 0. The predicted octanol–water partition coefficient (Wildman–Crippen LogP) is 2.58. The number of benzene rings is 1. The number of pyridine rings is 1. The molecule has 1 aromatic heterocycles. The Kier molecular flexibility index (Phi) is 3.33. The van der Waals surface area contributed by atoms with Crippen LogP contribution in [0.1, 0.15) is 16.1 Å². The van der Waals surface area contributed by atoms with E-state index in [0.717, 1.165) is 16.3 Å². The number of aromatic nitrogens is 1. The Balaban J connectivity index is 2.10. The molecule has 2 heterocycles. The fourth-order valence-corrected chi connectivity index (χ4v) is 5.37. The van der Waals surface area contributed by atoms with Gasteiger partial charge in [0.25, 0.3) is 5.88 Å². The van der Waals surface area contributed by atoms with Crippen molar-refractivity contribution in [2.75, 3.05) is 21.0 Å². The van der Waals surface area contributed by atoms with E-state index in [0.29, 0.717) is 34.4 Å². The molecule has 1 aliphatic carbocycles. The molecule has 0 saturated carbocycles. The number of nitrogens with zero attached hydrogens (tertiary/aromatic N) is 1. The second-order valence-corrected chi connectivity index (χ2v) is 12.1. The molecule has 7 heteroatoms. The van der Waals surface area contributed by atoms with Crippen LogP contribution in [0.3, 0.4) is 0 Å². The minimum absolute atomic E-state index is 0.122. The molecule has 0 radical (unpaired) electrons. The largest absolute Gasteiger partial charge is 0.491 e. The number of carbonyl (C=O) groups excluding carboxylic acids is 1. The Morgan fingerprint density at radius 1 is 1.04 bits per heavy atom. The summed E-state index contributed by atoms with van der Waals surface area (Å²) in [5.41, 5.74) is 2.67. The summed E-state index contributed by atoms with van der Waals surface area (Å²) in [6.45, 7) is 6.80. The van der Waals surface area contributed by atoms with E-state index in [1.165, 1.54) is 7.11 Å². The van der Waals surface area contributed by atoms with Crippen LogP contribution in [-0.2, 0) is 0 Å². The highest BCUT2D eigenvalue weighted by molar-refractivity contribution is 6.90. The Hall–Kier alpha value is -2.54. The van der Waals surface area contributed by atoms with E-state index in [-0.39, 0.29) is 12.6 Å². The van der Waals surface area contributed by atoms with Crippen LogP contribution in [-0.4, -0.2) is 39.9 Å². The number of hydrogen-bond acceptors (Lipinski definition) is 6. The van der Waals surface area contributed by atoms with Crippen LogP contribution in [0.5, 0.6) is 23.1 Å². The Bertz CT molecular complexity index is 917. The lowest BCUT2D eigenvalue weighted by atomic mass is 10.1. The first-order valence-electron chi connectivity index (χ1n) is 8.02. The SMILES string of the molecule is COc1nc2c(c([Si](C)(C)C)c1OC)-c1cc3c(cc1C2=O)OCO3. The van der Waals surface area contributed by atoms with Gasteiger partial charge in [0.05, 0.1) is 22.3 Å². The first-order valence-corrected chi connectivity index (χ1v) is 11.5. The van der Waals surface area contributed by atoms with Crippen LogP contribution >= 0.6 is 0 Å². The van der Waals surface area contributed by atoms with Crippen LogP contribution in [0.2, 0.25) is 19.6 Å². The van der Waals surface area contributed by atoms with Crippen LogP contribution in [0.4, 0.5) is 0 Å². The lowest BCUT2D eigenvalue weighted by molar-refractivity contribution is 0.103. The van der Waals surface area contributed by atoms with Gasteiger partial charge < -0.3 is 18.9 Å². The van der Waals surface area contributed by atoms with Crippen molar-refractivity contribution >= 4 is 19.0 Å². The van der Waals surface area contributed by atoms with Gasteiger partial charge in [0.15, 0.2) is 17.2 Å². The van der Waals surface area contributed by atoms with E-state index in [2.05, 4.69) is 24.6 Å². The molecule has 1 aliphatic heterocycles. The topological polar surface area (TPSA) is 66.9 Å². The third kappa shape index (κ3) is 2.15. The first kappa shape index (κ1) is 16.0. The van der Waals surface area contributed by atoms with Crippen molar-refractivity contribution in [2.45, 2.75) is 19.6 Å². The smallest absolute Gasteiger partial charge is 0.257 e. The zero-order valence-electron chi connectivity index (χ0n) is 14.9. The van der Waals surface area contributed by atoms with Gasteiger partial charge in [-0.1, -0.05) is 19.6 Å². The highest BCUT2D eigenvalue weighted by Gasteiger charge is 2.39. The Morgan fingerprint density at radius 3 is 2.24 bits per heavy atom. The van der Waals surface area contributed by atoms with Gasteiger partial charge in [-0.2, -0.15) is 0 Å². The molecule has 0 fully saturated rings. The number of ether oxygens (including phenoxy) is 4. The molecule has 0 saturated heterocycles. The summed E-state index contributed by atoms with van der Waals surface area (Å²) in [6, 6.07) is 3.62. The van der Waals surface area contributed by atoms with E-state index < -0.39 is 8.07 Å². The molecule has 0 atom stereocenters. The molecule has 0 spiro atoms. The maximum Gasteiger partial charge on any atom is 0.257 e. The standard InChI is InChI=1S/C18H19NO5Si/c1-21-16-17(25(3,4)5)13-9-6-11-12(24-8-23-11)7-10(9)15(20)14(13)19-18(16)22-2/h6-7H,8H2,1-5H3. The second kappa shape index (κ2) is 5.22. The molecule has 25 heavy (non-hydrogen) atoms. The van der Waals surface area contributed by atoms with Gasteiger partial charge in [-0.3, -0.25) is 4.79 Å². The molecule has 2 aliphatic rings. The van der Waals surface area contributed by atoms with Crippen molar-refractivity contribution in [3.63, 3.8) is 0 Å². The van der Waals surface area contributed by atoms with Crippen molar-refractivity contribution in [3.8, 4) is 34.3 Å². The molecule has 6 nitrogen and oxygen atoms in total. The molecule has 1 aromatic carbocycles. The first-order chi connectivity index (χ1) is 11.9.